The van der Waals surface area contributed by atoms with Crippen LogP contribution < -0.4 is 5.32 Å². The summed E-state index contributed by atoms with van der Waals surface area (Å²) in [7, 11) is 0. The van der Waals surface area contributed by atoms with E-state index < -0.39 is 0 Å². The highest BCUT2D eigenvalue weighted by atomic mass is 79.9. The summed E-state index contributed by atoms with van der Waals surface area (Å²) in [5.74, 6) is 0.193. The Balaban J connectivity index is 2.27. The fourth-order valence-electron chi connectivity index (χ4n) is 1.83. The Hall–Kier alpha value is -1.29. The number of hydrogen-bond acceptors (Lipinski definition) is 2. The Morgan fingerprint density at radius 3 is 2.79 bits per heavy atom. The minimum absolute atomic E-state index is 0.169. The molecule has 0 saturated heterocycles. The maximum absolute atomic E-state index is 12.2. The molecule has 3 nitrogen and oxygen atoms in total. The first-order chi connectivity index (χ1) is 8.97. The van der Waals surface area contributed by atoms with Crippen LogP contribution >= 0.6 is 15.9 Å². The monoisotopic (exact) mass is 323 g/mol. The second-order valence-corrected chi connectivity index (χ2v) is 5.71. The summed E-state index contributed by atoms with van der Waals surface area (Å²) in [6.07, 6.45) is 0.851. The molecule has 0 saturated carbocycles. The fourth-order valence-corrected chi connectivity index (χ4v) is 2.36. The Kier molecular flexibility index (Phi) is 3.99. The molecule has 1 aromatic heterocycles. The van der Waals surface area contributed by atoms with Crippen LogP contribution in [0.25, 0.3) is 11.0 Å². The van der Waals surface area contributed by atoms with Gasteiger partial charge >= 0.3 is 0 Å². The summed E-state index contributed by atoms with van der Waals surface area (Å²) in [6.45, 7) is 6.07. The molecular weight excluding hydrogens is 306 g/mol. The van der Waals surface area contributed by atoms with Crippen molar-refractivity contribution < 1.29 is 9.21 Å². The van der Waals surface area contributed by atoms with Crippen molar-refractivity contribution in [3.8, 4) is 0 Å². The predicted molar refractivity (Wildman–Crippen MR) is 80.9 cm³/mol. The van der Waals surface area contributed by atoms with E-state index in [9.17, 15) is 4.79 Å². The van der Waals surface area contributed by atoms with Crippen LogP contribution in [0.2, 0.25) is 0 Å². The second-order valence-electron chi connectivity index (χ2n) is 5.15. The molecule has 0 bridgehead atoms. The summed E-state index contributed by atoms with van der Waals surface area (Å²) >= 11 is 3.43. The summed E-state index contributed by atoms with van der Waals surface area (Å²) in [6, 6.07) is 7.67. The predicted octanol–water partition coefficient (Wildman–Crippen LogP) is 4.03. The molecule has 2 aromatic rings. The van der Waals surface area contributed by atoms with Gasteiger partial charge in [-0.2, -0.15) is 0 Å². The van der Waals surface area contributed by atoms with Crippen LogP contribution in [0.1, 0.15) is 36.4 Å². The number of fused-ring (bicyclic) bond motifs is 1. The van der Waals surface area contributed by atoms with Gasteiger partial charge in [0.1, 0.15) is 5.58 Å². The van der Waals surface area contributed by atoms with Crippen LogP contribution in [-0.2, 0) is 0 Å². The molecular formula is C15H18BrNO2. The number of halogens is 1. The van der Waals surface area contributed by atoms with Crippen LogP contribution in [0, 0.1) is 6.92 Å². The number of carbonyl (C=O) groups excluding carboxylic acids is 1. The molecule has 1 amide bonds. The third-order valence-corrected chi connectivity index (χ3v) is 4.62. The van der Waals surface area contributed by atoms with Gasteiger partial charge in [-0.3, -0.25) is 4.79 Å². The normalized spacial score (nSPS) is 14.3. The first kappa shape index (κ1) is 14.1. The van der Waals surface area contributed by atoms with Gasteiger partial charge in [0.2, 0.25) is 0 Å². The van der Waals surface area contributed by atoms with E-state index in [1.165, 1.54) is 0 Å². The number of benzene rings is 1. The van der Waals surface area contributed by atoms with Gasteiger partial charge in [0.15, 0.2) is 5.76 Å². The van der Waals surface area contributed by atoms with Gasteiger partial charge in [0, 0.05) is 16.3 Å². The lowest BCUT2D eigenvalue weighted by Crippen LogP contribution is -2.46. The molecule has 0 aliphatic heterocycles. The zero-order chi connectivity index (χ0) is 14.0. The van der Waals surface area contributed by atoms with E-state index in [2.05, 4.69) is 21.2 Å². The zero-order valence-electron chi connectivity index (χ0n) is 11.4. The maximum atomic E-state index is 12.2. The van der Waals surface area contributed by atoms with Crippen LogP contribution in [0.5, 0.6) is 0 Å². The van der Waals surface area contributed by atoms with Crippen LogP contribution in [0.15, 0.2) is 28.7 Å². The van der Waals surface area contributed by atoms with Crippen LogP contribution in [-0.4, -0.2) is 16.8 Å². The molecule has 2 rings (SSSR count). The minimum Gasteiger partial charge on any atom is -0.451 e. The molecule has 1 heterocycles. The fraction of sp³-hybridized carbons (Fsp3) is 0.400. The molecule has 1 unspecified atom stereocenters. The average Bonchev–Trinajstić information content (AvgIpc) is 2.81. The average molecular weight is 324 g/mol. The molecule has 0 fully saturated rings. The van der Waals surface area contributed by atoms with Gasteiger partial charge in [-0.05, 0) is 38.5 Å². The van der Waals surface area contributed by atoms with Gasteiger partial charge < -0.3 is 9.73 Å². The van der Waals surface area contributed by atoms with E-state index >= 15 is 0 Å². The van der Waals surface area contributed by atoms with Gasteiger partial charge in [-0.1, -0.05) is 34.5 Å². The van der Waals surface area contributed by atoms with Crippen molar-refractivity contribution >= 4 is 32.8 Å². The Bertz CT molecular complexity index is 599. The first-order valence-corrected chi connectivity index (χ1v) is 7.48. The summed E-state index contributed by atoms with van der Waals surface area (Å²) in [5.41, 5.74) is 1.64. The third kappa shape index (κ3) is 3.00. The van der Waals surface area contributed by atoms with Crippen molar-refractivity contribution in [3.05, 3.63) is 35.6 Å². The summed E-state index contributed by atoms with van der Waals surface area (Å²) in [4.78, 5) is 12.2. The molecule has 1 atom stereocenters. The molecule has 0 aliphatic carbocycles. The molecule has 19 heavy (non-hydrogen) atoms. The summed E-state index contributed by atoms with van der Waals surface area (Å²) in [5, 5.41) is 4.68. The van der Waals surface area contributed by atoms with Crippen molar-refractivity contribution in [2.24, 2.45) is 0 Å². The standard InChI is InChI=1S/C15H18BrNO2/c1-4-15(3,9-16)17-14(18)13-8-11-7-10(2)5-6-12(11)19-13/h5-8H,4,9H2,1-3H3,(H,17,18). The molecule has 1 aromatic carbocycles. The van der Waals surface area contributed by atoms with Crippen molar-refractivity contribution in [1.29, 1.82) is 0 Å². The van der Waals surface area contributed by atoms with E-state index in [0.717, 1.165) is 23.0 Å². The maximum Gasteiger partial charge on any atom is 0.287 e. The number of amides is 1. The highest BCUT2D eigenvalue weighted by Crippen LogP contribution is 2.21. The number of furan rings is 1. The molecule has 0 aliphatic rings. The highest BCUT2D eigenvalue weighted by Gasteiger charge is 2.25. The van der Waals surface area contributed by atoms with Gasteiger partial charge in [-0.25, -0.2) is 0 Å². The first-order valence-electron chi connectivity index (χ1n) is 6.36. The minimum atomic E-state index is -0.258. The SMILES string of the molecule is CCC(C)(CBr)NC(=O)c1cc2cc(C)ccc2o1. The largest absolute Gasteiger partial charge is 0.451 e. The third-order valence-electron chi connectivity index (χ3n) is 3.39. The summed E-state index contributed by atoms with van der Waals surface area (Å²) < 4.78 is 5.59. The number of aryl methyl sites for hydroxylation is 1. The van der Waals surface area contributed by atoms with Crippen molar-refractivity contribution in [3.63, 3.8) is 0 Å². The number of rotatable bonds is 4. The topological polar surface area (TPSA) is 42.2 Å². The van der Waals surface area contributed by atoms with E-state index in [0.29, 0.717) is 11.1 Å². The molecule has 0 radical (unpaired) electrons. The Labute approximate surface area is 121 Å². The molecule has 4 heteroatoms. The van der Waals surface area contributed by atoms with Crippen molar-refractivity contribution in [2.45, 2.75) is 32.7 Å². The Morgan fingerprint density at radius 1 is 1.42 bits per heavy atom. The molecule has 1 N–H and O–H groups in total. The van der Waals surface area contributed by atoms with E-state index in [1.54, 1.807) is 6.07 Å². The quantitative estimate of drug-likeness (QED) is 0.863. The van der Waals surface area contributed by atoms with Crippen molar-refractivity contribution in [1.82, 2.24) is 5.32 Å². The van der Waals surface area contributed by atoms with E-state index in [-0.39, 0.29) is 11.4 Å². The smallest absolute Gasteiger partial charge is 0.287 e. The highest BCUT2D eigenvalue weighted by molar-refractivity contribution is 9.09. The van der Waals surface area contributed by atoms with Crippen molar-refractivity contribution in [2.75, 3.05) is 5.33 Å². The second kappa shape index (κ2) is 5.37. The lowest BCUT2D eigenvalue weighted by molar-refractivity contribution is 0.0887. The van der Waals surface area contributed by atoms with Crippen LogP contribution in [0.3, 0.4) is 0 Å². The lowest BCUT2D eigenvalue weighted by atomic mass is 10.0. The van der Waals surface area contributed by atoms with Gasteiger partial charge in [0.25, 0.3) is 5.91 Å². The number of hydrogen-bond donors (Lipinski definition) is 1. The number of carbonyl (C=O) groups is 1. The zero-order valence-corrected chi connectivity index (χ0v) is 13.0. The van der Waals surface area contributed by atoms with E-state index in [4.69, 9.17) is 4.42 Å². The van der Waals surface area contributed by atoms with Gasteiger partial charge in [0.05, 0.1) is 0 Å². The van der Waals surface area contributed by atoms with Gasteiger partial charge in [-0.15, -0.1) is 0 Å². The molecule has 0 spiro atoms. The lowest BCUT2D eigenvalue weighted by Gasteiger charge is -2.26. The number of alkyl halides is 1. The Morgan fingerprint density at radius 2 is 2.16 bits per heavy atom. The van der Waals surface area contributed by atoms with Crippen LogP contribution in [0.4, 0.5) is 0 Å². The van der Waals surface area contributed by atoms with E-state index in [1.807, 2.05) is 39.0 Å². The molecule has 102 valence electrons. The number of nitrogens with one attached hydrogen (secondary N) is 1.